The summed E-state index contributed by atoms with van der Waals surface area (Å²) in [5.74, 6) is 6.19. The third-order valence-electron chi connectivity index (χ3n) is 12.3. The van der Waals surface area contributed by atoms with Crippen LogP contribution >= 0.6 is 0 Å². The van der Waals surface area contributed by atoms with Crippen LogP contribution in [0.25, 0.3) is 0 Å². The van der Waals surface area contributed by atoms with Crippen molar-refractivity contribution in [3.63, 3.8) is 0 Å². The van der Waals surface area contributed by atoms with Gasteiger partial charge in [-0.25, -0.2) is 8.42 Å². The predicted molar refractivity (Wildman–Crippen MR) is 247 cm³/mol. The van der Waals surface area contributed by atoms with Crippen molar-refractivity contribution in [2.24, 2.45) is 0 Å². The van der Waals surface area contributed by atoms with Crippen LogP contribution in [0.4, 0.5) is 17.1 Å². The van der Waals surface area contributed by atoms with Crippen molar-refractivity contribution in [3.05, 3.63) is 149 Å². The summed E-state index contributed by atoms with van der Waals surface area (Å²) in [4.78, 5) is 29.9. The van der Waals surface area contributed by atoms with E-state index >= 15 is 0 Å². The predicted octanol–water partition coefficient (Wildman–Crippen LogP) is 7.65. The summed E-state index contributed by atoms with van der Waals surface area (Å²) < 4.78 is 71.5. The van der Waals surface area contributed by atoms with E-state index in [0.29, 0.717) is 25.9 Å². The molecule has 4 aromatic carbocycles. The molecule has 2 amide bonds. The molecule has 4 aromatic rings. The average Bonchev–Trinajstić information content (AvgIpc) is 3.57. The Hall–Kier alpha value is -6.11. The highest BCUT2D eigenvalue weighted by Gasteiger charge is 2.44. The molecule has 0 aromatic heterocycles. The highest BCUT2D eigenvalue weighted by atomic mass is 32.2. The SMILES string of the molecule is C[N+]1=C(/C=C/C=C/C=C2/N(CCCCCC(=O)NCCC(=O)N3Cc4ccccc4C#Cc4ccccc43)c3ccc(S(=O)(=O)[O-])cc3C2(C)C)C(C)(C)c2cc(S(=O)(=O)O)ccc21. The zero-order chi connectivity index (χ0) is 46.0. The minimum Gasteiger partial charge on any atom is -0.744 e. The number of amides is 2. The Bertz CT molecular complexity index is 2950. The van der Waals surface area contributed by atoms with E-state index < -0.39 is 31.1 Å². The van der Waals surface area contributed by atoms with Gasteiger partial charge in [0.1, 0.15) is 17.2 Å². The second-order valence-electron chi connectivity index (χ2n) is 17.2. The molecule has 64 heavy (non-hydrogen) atoms. The molecule has 0 fully saturated rings. The lowest BCUT2D eigenvalue weighted by atomic mass is 9.81. The minimum atomic E-state index is -4.68. The van der Waals surface area contributed by atoms with Crippen LogP contribution in [0.5, 0.6) is 0 Å². The Labute approximate surface area is 376 Å². The van der Waals surface area contributed by atoms with Crippen LogP contribution in [0, 0.1) is 11.8 Å². The van der Waals surface area contributed by atoms with Crippen LogP contribution in [-0.2, 0) is 47.2 Å². The van der Waals surface area contributed by atoms with Crippen molar-refractivity contribution in [2.45, 2.75) is 87.0 Å². The maximum Gasteiger partial charge on any atom is 0.294 e. The molecule has 0 bridgehead atoms. The molecule has 0 radical (unpaired) electrons. The molecule has 0 unspecified atom stereocenters. The molecular weight excluding hydrogens is 849 g/mol. The van der Waals surface area contributed by atoms with Gasteiger partial charge in [-0.1, -0.05) is 80.7 Å². The van der Waals surface area contributed by atoms with Crippen LogP contribution in [0.3, 0.4) is 0 Å². The molecule has 12 nitrogen and oxygen atoms in total. The summed E-state index contributed by atoms with van der Waals surface area (Å²) >= 11 is 0. The summed E-state index contributed by atoms with van der Waals surface area (Å²) in [7, 11) is -7.14. The number of fused-ring (bicyclic) bond motifs is 4. The summed E-state index contributed by atoms with van der Waals surface area (Å²) in [5.41, 5.74) is 7.12. The maximum absolute atomic E-state index is 13.6. The van der Waals surface area contributed by atoms with E-state index in [0.717, 1.165) is 69.1 Å². The molecule has 7 rings (SSSR count). The number of allylic oxidation sites excluding steroid dienone is 6. The molecule has 0 aliphatic carbocycles. The largest absolute Gasteiger partial charge is 0.744 e. The van der Waals surface area contributed by atoms with E-state index in [1.807, 2.05) is 118 Å². The number of benzene rings is 4. The van der Waals surface area contributed by atoms with Crippen LogP contribution in [0.15, 0.2) is 131 Å². The number of carbonyl (C=O) groups is 2. The molecule has 0 atom stereocenters. The Morgan fingerprint density at radius 3 is 2.23 bits per heavy atom. The lowest BCUT2D eigenvalue weighted by molar-refractivity contribution is -0.401. The van der Waals surface area contributed by atoms with Crippen LogP contribution < -0.4 is 15.1 Å². The number of anilines is 2. The summed E-state index contributed by atoms with van der Waals surface area (Å²) in [5, 5.41) is 2.92. The van der Waals surface area contributed by atoms with Gasteiger partial charge in [-0.15, -0.1) is 0 Å². The van der Waals surface area contributed by atoms with Crippen LogP contribution in [0.1, 0.15) is 87.6 Å². The van der Waals surface area contributed by atoms with Gasteiger partial charge in [0, 0.05) is 71.6 Å². The number of nitrogens with zero attached hydrogens (tertiary/aromatic N) is 3. The highest BCUT2D eigenvalue weighted by molar-refractivity contribution is 7.86. The number of para-hydroxylation sites is 1. The molecule has 3 heterocycles. The Kier molecular flexibility index (Phi) is 13.0. The number of rotatable bonds is 14. The first-order chi connectivity index (χ1) is 30.3. The lowest BCUT2D eigenvalue weighted by Crippen LogP contribution is -2.35. The minimum absolute atomic E-state index is 0.107. The average molecular weight is 901 g/mol. The lowest BCUT2D eigenvalue weighted by Gasteiger charge is -2.27. The first-order valence-electron chi connectivity index (χ1n) is 21.2. The second kappa shape index (κ2) is 18.2. The van der Waals surface area contributed by atoms with Gasteiger partial charge in [0.25, 0.3) is 10.1 Å². The van der Waals surface area contributed by atoms with Gasteiger partial charge in [0.15, 0.2) is 5.71 Å². The monoisotopic (exact) mass is 900 g/mol. The number of hydrogen-bond donors (Lipinski definition) is 2. The summed E-state index contributed by atoms with van der Waals surface area (Å²) in [6.07, 6.45) is 12.1. The van der Waals surface area contributed by atoms with Gasteiger partial charge in [-0.3, -0.25) is 14.1 Å². The van der Waals surface area contributed by atoms with Crippen molar-refractivity contribution < 1.29 is 40.1 Å². The summed E-state index contributed by atoms with van der Waals surface area (Å²) in [6, 6.07) is 24.4. The Morgan fingerprint density at radius 2 is 1.48 bits per heavy atom. The normalized spacial score (nSPS) is 16.8. The number of hydrogen-bond acceptors (Lipinski definition) is 8. The maximum atomic E-state index is 13.6. The third kappa shape index (κ3) is 9.54. The van der Waals surface area contributed by atoms with E-state index in [2.05, 4.69) is 22.1 Å². The van der Waals surface area contributed by atoms with E-state index in [-0.39, 0.29) is 34.6 Å². The van der Waals surface area contributed by atoms with E-state index in [4.69, 9.17) is 0 Å². The van der Waals surface area contributed by atoms with Gasteiger partial charge < -0.3 is 19.7 Å². The first-order valence-corrected chi connectivity index (χ1v) is 24.1. The standard InChI is InChI=1S/C50H52N4O8S2/c1-49(2)40-32-38(63(57,58)59)25-27-43(40)52(5)45(49)20-8-6-9-21-46-50(3,4)41-33-39(64(60,61)62)26-28-44(41)53(46)31-15-7-10-22-47(55)51-30-29-48(56)54-34-37-18-12-11-16-35(37)23-24-36-17-13-14-19-42(36)54/h6,8-9,11-14,16-21,25-28,32-33H,7,10,15,22,29-31,34H2,1-5H3,(H2-,51,55,57,58,59,60,61,62). The number of unbranched alkanes of at least 4 members (excludes halogenated alkanes) is 2. The van der Waals surface area contributed by atoms with Gasteiger partial charge >= 0.3 is 0 Å². The Morgan fingerprint density at radius 1 is 0.797 bits per heavy atom. The smallest absolute Gasteiger partial charge is 0.294 e. The topological polar surface area (TPSA) is 167 Å². The van der Waals surface area contributed by atoms with Gasteiger partial charge in [-0.05, 0) is 92.4 Å². The van der Waals surface area contributed by atoms with Crippen molar-refractivity contribution >= 4 is 54.8 Å². The number of carbonyl (C=O) groups excluding carboxylic acids is 2. The van der Waals surface area contributed by atoms with Gasteiger partial charge in [-0.2, -0.15) is 13.0 Å². The van der Waals surface area contributed by atoms with Gasteiger partial charge in [0.05, 0.1) is 27.4 Å². The third-order valence-corrected chi connectivity index (χ3v) is 14.0. The molecule has 0 saturated carbocycles. The zero-order valence-corrected chi connectivity index (χ0v) is 38.2. The fourth-order valence-electron chi connectivity index (χ4n) is 8.86. The van der Waals surface area contributed by atoms with Crippen molar-refractivity contribution in [3.8, 4) is 11.8 Å². The molecule has 0 spiro atoms. The van der Waals surface area contributed by atoms with Crippen LogP contribution in [0.2, 0.25) is 0 Å². The molecule has 332 valence electrons. The molecule has 3 aliphatic heterocycles. The van der Waals surface area contributed by atoms with Crippen molar-refractivity contribution in [1.82, 2.24) is 5.32 Å². The fraction of sp³-hybridized carbons (Fsp3) is 0.300. The quantitative estimate of drug-likeness (QED) is 0.0425. The highest BCUT2D eigenvalue weighted by Crippen LogP contribution is 2.48. The van der Waals surface area contributed by atoms with Gasteiger partial charge in [0.2, 0.25) is 17.5 Å². The molecule has 3 aliphatic rings. The first kappa shape index (κ1) is 45.9. The van der Waals surface area contributed by atoms with Crippen LogP contribution in [-0.4, -0.2) is 68.2 Å². The van der Waals surface area contributed by atoms with E-state index in [9.17, 15) is 35.5 Å². The van der Waals surface area contributed by atoms with E-state index in [1.54, 1.807) is 17.0 Å². The fourth-order valence-corrected chi connectivity index (χ4v) is 9.86. The molecular formula is C50H52N4O8S2. The molecule has 14 heteroatoms. The second-order valence-corrected chi connectivity index (χ2v) is 20.0. The molecule has 0 saturated heterocycles. The zero-order valence-electron chi connectivity index (χ0n) is 36.6. The van der Waals surface area contributed by atoms with E-state index in [1.165, 1.54) is 24.3 Å². The molecule has 2 N–H and O–H groups in total. The van der Waals surface area contributed by atoms with Crippen molar-refractivity contribution in [1.29, 1.82) is 0 Å². The summed E-state index contributed by atoms with van der Waals surface area (Å²) in [6.45, 7) is 9.13. The van der Waals surface area contributed by atoms with Crippen molar-refractivity contribution in [2.75, 3.05) is 29.9 Å². The Balaban J connectivity index is 0.971. The number of nitrogens with one attached hydrogen (secondary N) is 1.